The molecule has 0 aliphatic rings. The first-order valence-corrected chi connectivity index (χ1v) is 6.25. The molecule has 2 rings (SSSR count). The molecule has 2 nitrogen and oxygen atoms in total. The SMILES string of the molecule is COc1cc(C(O)c2ccc(F)c(Cl)c2)ccc1Cl. The molecule has 5 heteroatoms. The van der Waals surface area contributed by atoms with Gasteiger partial charge in [-0.2, -0.15) is 0 Å². The van der Waals surface area contributed by atoms with Crippen molar-refractivity contribution in [2.75, 3.05) is 7.11 Å². The maximum absolute atomic E-state index is 13.1. The zero-order chi connectivity index (χ0) is 14.0. The van der Waals surface area contributed by atoms with E-state index >= 15 is 0 Å². The van der Waals surface area contributed by atoms with Crippen molar-refractivity contribution in [2.45, 2.75) is 6.10 Å². The van der Waals surface area contributed by atoms with Crippen molar-refractivity contribution in [1.82, 2.24) is 0 Å². The van der Waals surface area contributed by atoms with E-state index < -0.39 is 11.9 Å². The highest BCUT2D eigenvalue weighted by Gasteiger charge is 2.14. The molecule has 0 aliphatic carbocycles. The van der Waals surface area contributed by atoms with Crippen LogP contribution in [0.3, 0.4) is 0 Å². The normalized spacial score (nSPS) is 12.3. The lowest BCUT2D eigenvalue weighted by Crippen LogP contribution is -2.00. The van der Waals surface area contributed by atoms with Crippen LogP contribution in [0.1, 0.15) is 17.2 Å². The summed E-state index contributed by atoms with van der Waals surface area (Å²) in [5, 5.41) is 10.7. The average Bonchev–Trinajstić information content (AvgIpc) is 2.41. The van der Waals surface area contributed by atoms with E-state index in [0.717, 1.165) is 0 Å². The van der Waals surface area contributed by atoms with E-state index in [4.69, 9.17) is 27.9 Å². The summed E-state index contributed by atoms with van der Waals surface area (Å²) in [7, 11) is 1.49. The van der Waals surface area contributed by atoms with Crippen LogP contribution < -0.4 is 4.74 Å². The first-order chi connectivity index (χ1) is 9.02. The number of methoxy groups -OCH3 is 1. The molecule has 0 heterocycles. The van der Waals surface area contributed by atoms with Gasteiger partial charge in [-0.3, -0.25) is 0 Å². The van der Waals surface area contributed by atoms with Gasteiger partial charge in [-0.25, -0.2) is 4.39 Å². The predicted octanol–water partition coefficient (Wildman–Crippen LogP) is 4.22. The summed E-state index contributed by atoms with van der Waals surface area (Å²) in [6, 6.07) is 9.02. The van der Waals surface area contributed by atoms with Crippen LogP contribution in [0.15, 0.2) is 36.4 Å². The summed E-state index contributed by atoms with van der Waals surface area (Å²) in [6.45, 7) is 0. The first-order valence-electron chi connectivity index (χ1n) is 5.49. The second-order valence-corrected chi connectivity index (χ2v) is 4.78. The summed E-state index contributed by atoms with van der Waals surface area (Å²) < 4.78 is 18.2. The number of aliphatic hydroxyl groups excluding tert-OH is 1. The number of hydrogen-bond acceptors (Lipinski definition) is 2. The average molecular weight is 301 g/mol. The smallest absolute Gasteiger partial charge is 0.141 e. The Hall–Kier alpha value is -1.29. The lowest BCUT2D eigenvalue weighted by molar-refractivity contribution is 0.219. The van der Waals surface area contributed by atoms with Crippen molar-refractivity contribution in [3.05, 3.63) is 63.4 Å². The molecule has 100 valence electrons. The molecule has 2 aromatic carbocycles. The standard InChI is InChI=1S/C14H11Cl2FO2/c1-19-13-7-9(2-4-10(13)15)14(18)8-3-5-12(17)11(16)6-8/h2-7,14,18H,1H3. The van der Waals surface area contributed by atoms with Crippen molar-refractivity contribution >= 4 is 23.2 Å². The molecule has 19 heavy (non-hydrogen) atoms. The van der Waals surface area contributed by atoms with Crippen LogP contribution in [-0.2, 0) is 0 Å². The molecule has 0 bridgehead atoms. The Bertz CT molecular complexity index is 602. The minimum absolute atomic E-state index is 0.0301. The number of rotatable bonds is 3. The zero-order valence-electron chi connectivity index (χ0n) is 10.0. The summed E-state index contributed by atoms with van der Waals surface area (Å²) in [5.74, 6) is -0.0577. The number of aliphatic hydroxyl groups is 1. The largest absolute Gasteiger partial charge is 0.495 e. The van der Waals surface area contributed by atoms with Gasteiger partial charge in [-0.1, -0.05) is 35.3 Å². The van der Waals surface area contributed by atoms with Crippen molar-refractivity contribution in [1.29, 1.82) is 0 Å². The lowest BCUT2D eigenvalue weighted by Gasteiger charge is -2.13. The third-order valence-corrected chi connectivity index (χ3v) is 3.35. The van der Waals surface area contributed by atoms with Gasteiger partial charge in [0.1, 0.15) is 17.7 Å². The number of ether oxygens (including phenoxy) is 1. The molecule has 0 radical (unpaired) electrons. The van der Waals surface area contributed by atoms with E-state index in [2.05, 4.69) is 0 Å². The molecule has 1 N–H and O–H groups in total. The fourth-order valence-electron chi connectivity index (χ4n) is 1.72. The highest BCUT2D eigenvalue weighted by molar-refractivity contribution is 6.32. The van der Waals surface area contributed by atoms with E-state index in [1.165, 1.54) is 25.3 Å². The van der Waals surface area contributed by atoms with Crippen molar-refractivity contribution in [3.8, 4) is 5.75 Å². The lowest BCUT2D eigenvalue weighted by atomic mass is 10.0. The summed E-state index contributed by atoms with van der Waals surface area (Å²) in [5.41, 5.74) is 1.08. The molecule has 0 aliphatic heterocycles. The van der Waals surface area contributed by atoms with E-state index in [-0.39, 0.29) is 5.02 Å². The monoisotopic (exact) mass is 300 g/mol. The minimum Gasteiger partial charge on any atom is -0.495 e. The van der Waals surface area contributed by atoms with Gasteiger partial charge in [-0.05, 0) is 35.4 Å². The summed E-state index contributed by atoms with van der Waals surface area (Å²) in [4.78, 5) is 0. The van der Waals surface area contributed by atoms with Gasteiger partial charge in [0.2, 0.25) is 0 Å². The van der Waals surface area contributed by atoms with Crippen LogP contribution in [0.4, 0.5) is 4.39 Å². The maximum Gasteiger partial charge on any atom is 0.141 e. The number of halogens is 3. The van der Waals surface area contributed by atoms with Crippen LogP contribution in [0, 0.1) is 5.82 Å². The Morgan fingerprint density at radius 3 is 2.32 bits per heavy atom. The van der Waals surface area contributed by atoms with Gasteiger partial charge in [0.15, 0.2) is 0 Å². The molecule has 0 spiro atoms. The molecular weight excluding hydrogens is 290 g/mol. The van der Waals surface area contributed by atoms with E-state index in [1.54, 1.807) is 18.2 Å². The van der Waals surface area contributed by atoms with Crippen LogP contribution in [-0.4, -0.2) is 12.2 Å². The van der Waals surface area contributed by atoms with E-state index in [0.29, 0.717) is 21.9 Å². The number of benzene rings is 2. The van der Waals surface area contributed by atoms with Crippen LogP contribution in [0.5, 0.6) is 5.75 Å². The molecule has 0 amide bonds. The Morgan fingerprint density at radius 1 is 1.05 bits per heavy atom. The summed E-state index contributed by atoms with van der Waals surface area (Å²) >= 11 is 11.6. The van der Waals surface area contributed by atoms with E-state index in [1.807, 2.05) is 0 Å². The van der Waals surface area contributed by atoms with Crippen LogP contribution >= 0.6 is 23.2 Å². The molecule has 0 saturated heterocycles. The first kappa shape index (κ1) is 14.1. The number of hydrogen-bond donors (Lipinski definition) is 1. The van der Waals surface area contributed by atoms with Gasteiger partial charge in [-0.15, -0.1) is 0 Å². The molecule has 0 saturated carbocycles. The predicted molar refractivity (Wildman–Crippen MR) is 73.5 cm³/mol. The van der Waals surface area contributed by atoms with Gasteiger partial charge < -0.3 is 9.84 Å². The Balaban J connectivity index is 2.37. The third-order valence-electron chi connectivity index (χ3n) is 2.75. The molecule has 2 aromatic rings. The maximum atomic E-state index is 13.1. The van der Waals surface area contributed by atoms with Gasteiger partial charge in [0.25, 0.3) is 0 Å². The molecule has 0 aromatic heterocycles. The van der Waals surface area contributed by atoms with Gasteiger partial charge in [0.05, 0.1) is 17.2 Å². The van der Waals surface area contributed by atoms with Gasteiger partial charge >= 0.3 is 0 Å². The van der Waals surface area contributed by atoms with E-state index in [9.17, 15) is 9.50 Å². The fourth-order valence-corrected chi connectivity index (χ4v) is 2.11. The summed E-state index contributed by atoms with van der Waals surface area (Å²) in [6.07, 6.45) is -0.927. The highest BCUT2D eigenvalue weighted by atomic mass is 35.5. The third kappa shape index (κ3) is 3.00. The van der Waals surface area contributed by atoms with Gasteiger partial charge in [0, 0.05) is 0 Å². The van der Waals surface area contributed by atoms with Crippen LogP contribution in [0.25, 0.3) is 0 Å². The molecular formula is C14H11Cl2FO2. The Kier molecular flexibility index (Phi) is 4.30. The second kappa shape index (κ2) is 5.78. The van der Waals surface area contributed by atoms with Crippen molar-refractivity contribution in [2.24, 2.45) is 0 Å². The topological polar surface area (TPSA) is 29.5 Å². The van der Waals surface area contributed by atoms with Crippen LogP contribution in [0.2, 0.25) is 10.0 Å². The molecule has 1 unspecified atom stereocenters. The second-order valence-electron chi connectivity index (χ2n) is 3.97. The molecule has 0 fully saturated rings. The Morgan fingerprint density at radius 2 is 1.68 bits per heavy atom. The minimum atomic E-state index is -0.927. The van der Waals surface area contributed by atoms with Crippen molar-refractivity contribution in [3.63, 3.8) is 0 Å². The molecule has 1 atom stereocenters. The fraction of sp³-hybridized carbons (Fsp3) is 0.143. The quantitative estimate of drug-likeness (QED) is 0.919. The van der Waals surface area contributed by atoms with Crippen molar-refractivity contribution < 1.29 is 14.2 Å². The zero-order valence-corrected chi connectivity index (χ0v) is 11.5. The highest BCUT2D eigenvalue weighted by Crippen LogP contribution is 2.31. The Labute approximate surface area is 120 Å².